The Morgan fingerprint density at radius 3 is 2.81 bits per heavy atom. The molecule has 1 nitrogen and oxygen atoms in total. The van der Waals surface area contributed by atoms with Crippen LogP contribution in [0.4, 0.5) is 0 Å². The molecule has 16 heavy (non-hydrogen) atoms. The molecule has 3 rings (SSSR count). The lowest BCUT2D eigenvalue weighted by molar-refractivity contribution is 0.0879. The molecule has 0 saturated heterocycles. The fraction of sp³-hybridized carbons (Fsp3) is 0.643. The van der Waals surface area contributed by atoms with Gasteiger partial charge in [-0.3, -0.25) is 4.79 Å². The number of rotatable bonds is 3. The Balaban J connectivity index is 1.77. The molecule has 1 aromatic heterocycles. The summed E-state index contributed by atoms with van der Waals surface area (Å²) < 4.78 is 0. The molecule has 2 bridgehead atoms. The van der Waals surface area contributed by atoms with E-state index in [4.69, 9.17) is 0 Å². The van der Waals surface area contributed by atoms with Crippen molar-refractivity contribution in [2.45, 2.75) is 39.0 Å². The van der Waals surface area contributed by atoms with Crippen LogP contribution in [0.25, 0.3) is 0 Å². The van der Waals surface area contributed by atoms with E-state index in [1.165, 1.54) is 30.6 Å². The fourth-order valence-electron chi connectivity index (χ4n) is 3.45. The van der Waals surface area contributed by atoms with Gasteiger partial charge in [0.2, 0.25) is 0 Å². The summed E-state index contributed by atoms with van der Waals surface area (Å²) in [7, 11) is 0. The van der Waals surface area contributed by atoms with Crippen molar-refractivity contribution in [1.29, 1.82) is 0 Å². The third kappa shape index (κ3) is 1.64. The first-order chi connectivity index (χ1) is 7.78. The van der Waals surface area contributed by atoms with Crippen LogP contribution in [0.5, 0.6) is 0 Å². The fourth-order valence-corrected chi connectivity index (χ4v) is 4.40. The van der Waals surface area contributed by atoms with E-state index in [1.54, 1.807) is 11.3 Å². The maximum Gasteiger partial charge on any atom is 0.176 e. The molecule has 1 heterocycles. The summed E-state index contributed by atoms with van der Waals surface area (Å²) in [4.78, 5) is 14.7. The van der Waals surface area contributed by atoms with Gasteiger partial charge in [0, 0.05) is 10.8 Å². The summed E-state index contributed by atoms with van der Waals surface area (Å²) in [6.07, 6.45) is 6.21. The van der Waals surface area contributed by atoms with Crippen LogP contribution in [-0.2, 0) is 6.42 Å². The Bertz CT molecular complexity index is 407. The zero-order chi connectivity index (χ0) is 11.1. The highest BCUT2D eigenvalue weighted by Gasteiger charge is 2.43. The smallest absolute Gasteiger partial charge is 0.176 e. The third-order valence-corrected chi connectivity index (χ3v) is 5.57. The van der Waals surface area contributed by atoms with Crippen molar-refractivity contribution in [3.05, 3.63) is 21.9 Å². The Labute approximate surface area is 101 Å². The number of fused-ring (bicyclic) bond motifs is 2. The maximum atomic E-state index is 12.4. The summed E-state index contributed by atoms with van der Waals surface area (Å²) in [5.74, 6) is 2.38. The molecular formula is C14H18OS. The number of thiophene rings is 1. The summed E-state index contributed by atoms with van der Waals surface area (Å²) in [5, 5.41) is 0. The average molecular weight is 234 g/mol. The van der Waals surface area contributed by atoms with Crippen LogP contribution in [0.3, 0.4) is 0 Å². The van der Waals surface area contributed by atoms with Crippen LogP contribution < -0.4 is 0 Å². The molecule has 3 unspecified atom stereocenters. The molecule has 2 saturated carbocycles. The van der Waals surface area contributed by atoms with Crippen molar-refractivity contribution in [2.24, 2.45) is 17.8 Å². The summed E-state index contributed by atoms with van der Waals surface area (Å²) >= 11 is 1.71. The molecule has 2 aliphatic rings. The standard InChI is InChI=1S/C14H18OS/c1-2-11-5-6-13(16-11)14(15)12-8-9-3-4-10(12)7-9/h5-6,9-10,12H,2-4,7-8H2,1H3. The Morgan fingerprint density at radius 2 is 2.25 bits per heavy atom. The van der Waals surface area contributed by atoms with Gasteiger partial charge < -0.3 is 0 Å². The van der Waals surface area contributed by atoms with Crippen molar-refractivity contribution in [3.8, 4) is 0 Å². The molecule has 2 heteroatoms. The minimum Gasteiger partial charge on any atom is -0.293 e. The monoisotopic (exact) mass is 234 g/mol. The van der Waals surface area contributed by atoms with Gasteiger partial charge in [0.05, 0.1) is 4.88 Å². The summed E-state index contributed by atoms with van der Waals surface area (Å²) in [6.45, 7) is 2.15. The van der Waals surface area contributed by atoms with E-state index in [9.17, 15) is 4.79 Å². The van der Waals surface area contributed by atoms with E-state index in [0.29, 0.717) is 17.6 Å². The molecule has 0 spiro atoms. The highest BCUT2D eigenvalue weighted by atomic mass is 32.1. The van der Waals surface area contributed by atoms with Gasteiger partial charge in [-0.2, -0.15) is 0 Å². The van der Waals surface area contributed by atoms with Crippen molar-refractivity contribution in [1.82, 2.24) is 0 Å². The minimum absolute atomic E-state index is 0.363. The quantitative estimate of drug-likeness (QED) is 0.724. The van der Waals surface area contributed by atoms with Gasteiger partial charge in [0.25, 0.3) is 0 Å². The predicted molar refractivity (Wildman–Crippen MR) is 67.0 cm³/mol. The van der Waals surface area contributed by atoms with Crippen molar-refractivity contribution in [2.75, 3.05) is 0 Å². The Kier molecular flexibility index (Phi) is 2.62. The number of hydrogen-bond donors (Lipinski definition) is 0. The molecule has 86 valence electrons. The van der Waals surface area contributed by atoms with Crippen LogP contribution >= 0.6 is 11.3 Å². The number of hydrogen-bond acceptors (Lipinski definition) is 2. The molecule has 0 aliphatic heterocycles. The first-order valence-corrected chi connectivity index (χ1v) is 7.22. The Morgan fingerprint density at radius 1 is 1.38 bits per heavy atom. The van der Waals surface area contributed by atoms with Crippen LogP contribution in [0.15, 0.2) is 12.1 Å². The van der Waals surface area contributed by atoms with E-state index < -0.39 is 0 Å². The SMILES string of the molecule is CCc1ccc(C(=O)C2CC3CCC2C3)s1. The maximum absolute atomic E-state index is 12.4. The molecule has 0 aromatic carbocycles. The first kappa shape index (κ1) is 10.5. The second-order valence-corrected chi connectivity index (χ2v) is 6.43. The van der Waals surface area contributed by atoms with E-state index in [0.717, 1.165) is 17.2 Å². The van der Waals surface area contributed by atoms with Gasteiger partial charge in [-0.25, -0.2) is 0 Å². The normalized spacial score (nSPS) is 32.2. The lowest BCUT2D eigenvalue weighted by Gasteiger charge is -2.19. The molecule has 0 N–H and O–H groups in total. The largest absolute Gasteiger partial charge is 0.293 e. The van der Waals surface area contributed by atoms with Gasteiger partial charge in [-0.15, -0.1) is 11.3 Å². The number of carbonyl (C=O) groups is 1. The lowest BCUT2D eigenvalue weighted by Crippen LogP contribution is -2.20. The van der Waals surface area contributed by atoms with Crippen LogP contribution in [0, 0.1) is 17.8 Å². The van der Waals surface area contributed by atoms with Gasteiger partial charge in [-0.05, 0) is 49.7 Å². The van der Waals surface area contributed by atoms with Crippen molar-refractivity contribution in [3.63, 3.8) is 0 Å². The average Bonchev–Trinajstić information content (AvgIpc) is 3.03. The van der Waals surface area contributed by atoms with E-state index in [1.807, 2.05) is 6.07 Å². The van der Waals surface area contributed by atoms with E-state index in [-0.39, 0.29) is 0 Å². The van der Waals surface area contributed by atoms with E-state index in [2.05, 4.69) is 13.0 Å². The summed E-state index contributed by atoms with van der Waals surface area (Å²) in [5.41, 5.74) is 0. The molecule has 0 amide bonds. The molecule has 2 fully saturated rings. The number of Topliss-reactive ketones (excluding diaryl/α,β-unsaturated/α-hetero) is 1. The Hall–Kier alpha value is -0.630. The molecular weight excluding hydrogens is 216 g/mol. The van der Waals surface area contributed by atoms with Gasteiger partial charge in [0.15, 0.2) is 5.78 Å². The molecule has 0 radical (unpaired) electrons. The second kappa shape index (κ2) is 3.99. The highest BCUT2D eigenvalue weighted by Crippen LogP contribution is 2.49. The van der Waals surface area contributed by atoms with Crippen molar-refractivity contribution < 1.29 is 4.79 Å². The number of carbonyl (C=O) groups excluding carboxylic acids is 1. The van der Waals surface area contributed by atoms with Gasteiger partial charge >= 0.3 is 0 Å². The minimum atomic E-state index is 0.363. The van der Waals surface area contributed by atoms with Crippen LogP contribution in [-0.4, -0.2) is 5.78 Å². The molecule has 2 aliphatic carbocycles. The van der Waals surface area contributed by atoms with Crippen molar-refractivity contribution >= 4 is 17.1 Å². The number of ketones is 1. The molecule has 3 atom stereocenters. The third-order valence-electron chi connectivity index (χ3n) is 4.33. The summed E-state index contributed by atoms with van der Waals surface area (Å²) in [6, 6.07) is 4.16. The van der Waals surface area contributed by atoms with Crippen LogP contribution in [0.1, 0.15) is 47.2 Å². The zero-order valence-corrected chi connectivity index (χ0v) is 10.6. The zero-order valence-electron chi connectivity index (χ0n) is 9.74. The lowest BCUT2D eigenvalue weighted by atomic mass is 9.85. The van der Waals surface area contributed by atoms with Crippen LogP contribution in [0.2, 0.25) is 0 Å². The van der Waals surface area contributed by atoms with Gasteiger partial charge in [-0.1, -0.05) is 13.3 Å². The predicted octanol–water partition coefficient (Wildman–Crippen LogP) is 3.93. The van der Waals surface area contributed by atoms with Gasteiger partial charge in [0.1, 0.15) is 0 Å². The first-order valence-electron chi connectivity index (χ1n) is 6.41. The van der Waals surface area contributed by atoms with E-state index >= 15 is 0 Å². The molecule has 1 aromatic rings. The highest BCUT2D eigenvalue weighted by molar-refractivity contribution is 7.14. The topological polar surface area (TPSA) is 17.1 Å². The number of aryl methyl sites for hydroxylation is 1. The second-order valence-electron chi connectivity index (χ2n) is 5.27.